The lowest BCUT2D eigenvalue weighted by molar-refractivity contribution is -0.134. The molecule has 7 heteroatoms. The molecule has 218 valence electrons. The molecule has 0 radical (unpaired) electrons. The summed E-state index contributed by atoms with van der Waals surface area (Å²) in [6, 6.07) is 5.14. The number of piperazine rings is 1. The average molecular weight is 588 g/mol. The lowest BCUT2D eigenvalue weighted by atomic mass is 9.46. The lowest BCUT2D eigenvalue weighted by Gasteiger charge is -2.59. The summed E-state index contributed by atoms with van der Waals surface area (Å²) in [5.74, 6) is 0.787. The van der Waals surface area contributed by atoms with Crippen molar-refractivity contribution in [1.29, 1.82) is 0 Å². The van der Waals surface area contributed by atoms with Gasteiger partial charge in [-0.2, -0.15) is 0 Å². The summed E-state index contributed by atoms with van der Waals surface area (Å²) in [6.45, 7) is 15.4. The number of hydrogen-bond donors (Lipinski definition) is 1. The van der Waals surface area contributed by atoms with Crippen molar-refractivity contribution in [3.05, 3.63) is 63.7 Å². The molecule has 1 aromatic rings. The van der Waals surface area contributed by atoms with Crippen molar-refractivity contribution in [2.75, 3.05) is 26.2 Å². The number of benzene rings is 1. The van der Waals surface area contributed by atoms with Crippen LogP contribution in [0.5, 0.6) is 0 Å². The largest absolute Gasteiger partial charge is 0.393 e. The van der Waals surface area contributed by atoms with E-state index in [1.165, 1.54) is 11.6 Å². The van der Waals surface area contributed by atoms with Crippen molar-refractivity contribution in [1.82, 2.24) is 9.80 Å². The number of aliphatic hydroxyl groups excluding tert-OH is 1. The van der Waals surface area contributed by atoms with Crippen LogP contribution >= 0.6 is 23.2 Å². The number of halogens is 2. The van der Waals surface area contributed by atoms with Crippen LogP contribution in [0.15, 0.2) is 48.1 Å². The molecule has 0 unspecified atom stereocenters. The van der Waals surface area contributed by atoms with Gasteiger partial charge in [0, 0.05) is 48.4 Å². The molecule has 40 heavy (non-hydrogen) atoms. The maximum absolute atomic E-state index is 13.1. The predicted molar refractivity (Wildman–Crippen MR) is 164 cm³/mol. The Bertz CT molecular complexity index is 1200. The first-order chi connectivity index (χ1) is 18.8. The third-order valence-electron chi connectivity index (χ3n) is 10.0. The highest BCUT2D eigenvalue weighted by atomic mass is 35.5. The van der Waals surface area contributed by atoms with E-state index in [2.05, 4.69) is 27.4 Å². The van der Waals surface area contributed by atoms with Gasteiger partial charge in [0.25, 0.3) is 0 Å². The molecule has 3 aliphatic rings. The molecule has 2 aliphatic carbocycles. The normalized spacial score (nSPS) is 29.0. The zero-order chi connectivity index (χ0) is 29.2. The van der Waals surface area contributed by atoms with Gasteiger partial charge in [0.15, 0.2) is 0 Å². The fourth-order valence-electron chi connectivity index (χ4n) is 7.50. The number of amides is 2. The zero-order valence-corrected chi connectivity index (χ0v) is 25.9. The number of carbonyl (C=O) groups is 2. The van der Waals surface area contributed by atoms with Crippen molar-refractivity contribution in [3.8, 4) is 0 Å². The molecular weight excluding hydrogens is 543 g/mol. The van der Waals surface area contributed by atoms with Crippen LogP contribution in [0.2, 0.25) is 10.0 Å². The smallest absolute Gasteiger partial charge is 0.246 e. The van der Waals surface area contributed by atoms with Crippen LogP contribution < -0.4 is 0 Å². The second-order valence-electron chi connectivity index (χ2n) is 12.9. The average Bonchev–Trinajstić information content (AvgIpc) is 2.91. The Hall–Kier alpha value is -2.08. The van der Waals surface area contributed by atoms with Crippen molar-refractivity contribution in [2.24, 2.45) is 22.7 Å². The molecule has 1 heterocycles. The van der Waals surface area contributed by atoms with Gasteiger partial charge in [0.1, 0.15) is 0 Å². The fourth-order valence-corrected chi connectivity index (χ4v) is 7.86. The molecule has 0 bridgehead atoms. The van der Waals surface area contributed by atoms with Crippen LogP contribution in [0, 0.1) is 22.7 Å². The summed E-state index contributed by atoms with van der Waals surface area (Å²) in [4.78, 5) is 29.3. The van der Waals surface area contributed by atoms with Crippen LogP contribution in [-0.4, -0.2) is 59.0 Å². The number of nitrogens with zero attached hydrogens (tertiary/aromatic N) is 2. The first-order valence-corrected chi connectivity index (χ1v) is 15.3. The highest BCUT2D eigenvalue weighted by Gasteiger charge is 2.55. The van der Waals surface area contributed by atoms with Crippen LogP contribution in [0.4, 0.5) is 0 Å². The Balaban J connectivity index is 1.30. The number of hydrogen-bond acceptors (Lipinski definition) is 3. The molecular formula is C33H44Cl2N2O3. The summed E-state index contributed by atoms with van der Waals surface area (Å²) in [5.41, 5.74) is 3.16. The molecule has 1 aromatic carbocycles. The molecule has 3 fully saturated rings. The Kier molecular flexibility index (Phi) is 9.59. The molecule has 4 rings (SSSR count). The van der Waals surface area contributed by atoms with Crippen LogP contribution in [0.25, 0.3) is 6.08 Å². The third kappa shape index (κ3) is 6.53. The van der Waals surface area contributed by atoms with Gasteiger partial charge in [0.2, 0.25) is 11.8 Å². The fraction of sp³-hybridized carbons (Fsp3) is 0.576. The topological polar surface area (TPSA) is 60.9 Å². The number of rotatable bonds is 6. The van der Waals surface area contributed by atoms with E-state index >= 15 is 0 Å². The highest BCUT2D eigenvalue weighted by molar-refractivity contribution is 6.34. The Morgan fingerprint density at radius 2 is 1.73 bits per heavy atom. The second kappa shape index (κ2) is 12.4. The SMILES string of the molecule is C=C1CC[C@@H]2C(C)(C)[C@H](O)CC[C@@]2(C)[C@@H]1CC/C(C)=C/C(=O)N1CCN(C(=O)/C=C/c2cc(Cl)ccc2Cl)CC1. The van der Waals surface area contributed by atoms with E-state index in [0.29, 0.717) is 53.6 Å². The maximum Gasteiger partial charge on any atom is 0.246 e. The van der Waals surface area contributed by atoms with E-state index in [-0.39, 0.29) is 28.7 Å². The van der Waals surface area contributed by atoms with Crippen molar-refractivity contribution in [3.63, 3.8) is 0 Å². The zero-order valence-electron chi connectivity index (χ0n) is 24.4. The van der Waals surface area contributed by atoms with E-state index in [1.807, 2.05) is 11.8 Å². The summed E-state index contributed by atoms with van der Waals surface area (Å²) < 4.78 is 0. The molecule has 2 saturated carbocycles. The van der Waals surface area contributed by atoms with Gasteiger partial charge in [-0.15, -0.1) is 0 Å². The molecule has 2 amide bonds. The molecule has 0 aromatic heterocycles. The Labute approximate surface area is 249 Å². The van der Waals surface area contributed by atoms with Crippen molar-refractivity contribution in [2.45, 2.75) is 72.3 Å². The standard InChI is InChI=1S/C33H44Cl2N2O3/c1-22(6-10-26-23(2)7-12-28-32(3,4)29(38)14-15-33(26,28)5)20-31(40)37-18-16-36(17-19-37)30(39)13-8-24-21-25(34)9-11-27(24)35/h8-9,11,13,20-21,26,28-29,38H,2,6-7,10,12,14-19H2,1,3-5H3/b13-8+,22-20+/t26-,28-,29-,33+/m1/s1. The van der Waals surface area contributed by atoms with E-state index in [1.54, 1.807) is 35.3 Å². The summed E-state index contributed by atoms with van der Waals surface area (Å²) in [6.07, 6.45) is 10.6. The lowest BCUT2D eigenvalue weighted by Crippen LogP contribution is -2.54. The van der Waals surface area contributed by atoms with E-state index in [9.17, 15) is 14.7 Å². The quantitative estimate of drug-likeness (QED) is 0.284. The van der Waals surface area contributed by atoms with E-state index in [4.69, 9.17) is 23.2 Å². The minimum absolute atomic E-state index is 0.0133. The van der Waals surface area contributed by atoms with Crippen LogP contribution in [0.3, 0.4) is 0 Å². The van der Waals surface area contributed by atoms with Gasteiger partial charge >= 0.3 is 0 Å². The van der Waals surface area contributed by atoms with Gasteiger partial charge in [-0.3, -0.25) is 9.59 Å². The van der Waals surface area contributed by atoms with E-state index < -0.39 is 0 Å². The minimum Gasteiger partial charge on any atom is -0.393 e. The van der Waals surface area contributed by atoms with Crippen molar-refractivity contribution >= 4 is 41.1 Å². The number of carbonyl (C=O) groups excluding carboxylic acids is 2. The molecule has 1 N–H and O–H groups in total. The molecule has 1 aliphatic heterocycles. The van der Waals surface area contributed by atoms with Gasteiger partial charge < -0.3 is 14.9 Å². The number of fused-ring (bicyclic) bond motifs is 1. The predicted octanol–water partition coefficient (Wildman–Crippen LogP) is 7.17. The van der Waals surface area contributed by atoms with Crippen LogP contribution in [0.1, 0.15) is 71.8 Å². The first kappa shape index (κ1) is 30.9. The summed E-state index contributed by atoms with van der Waals surface area (Å²) in [7, 11) is 0. The maximum atomic E-state index is 13.1. The van der Waals surface area contributed by atoms with Gasteiger partial charge in [-0.05, 0) is 98.0 Å². The molecule has 1 saturated heterocycles. The molecule has 5 nitrogen and oxygen atoms in total. The third-order valence-corrected chi connectivity index (χ3v) is 10.6. The van der Waals surface area contributed by atoms with Gasteiger partial charge in [-0.1, -0.05) is 61.7 Å². The number of allylic oxidation sites excluding steroid dienone is 2. The number of aliphatic hydroxyl groups is 1. The minimum atomic E-state index is -0.245. The van der Waals surface area contributed by atoms with Crippen LogP contribution in [-0.2, 0) is 9.59 Å². The van der Waals surface area contributed by atoms with E-state index in [0.717, 1.165) is 44.1 Å². The van der Waals surface area contributed by atoms with Gasteiger partial charge in [-0.25, -0.2) is 0 Å². The van der Waals surface area contributed by atoms with Crippen molar-refractivity contribution < 1.29 is 14.7 Å². The second-order valence-corrected chi connectivity index (χ2v) is 13.7. The Morgan fingerprint density at radius 1 is 1.07 bits per heavy atom. The Morgan fingerprint density at radius 3 is 2.40 bits per heavy atom. The summed E-state index contributed by atoms with van der Waals surface area (Å²) >= 11 is 12.2. The highest BCUT2D eigenvalue weighted by Crippen LogP contribution is 2.61. The molecule has 4 atom stereocenters. The monoisotopic (exact) mass is 586 g/mol. The van der Waals surface area contributed by atoms with Gasteiger partial charge in [0.05, 0.1) is 6.10 Å². The summed E-state index contributed by atoms with van der Waals surface area (Å²) in [5, 5.41) is 11.8. The first-order valence-electron chi connectivity index (χ1n) is 14.6. The molecule has 0 spiro atoms.